The third kappa shape index (κ3) is 5.36. The summed E-state index contributed by atoms with van der Waals surface area (Å²) in [6.45, 7) is 9.04. The topological polar surface area (TPSA) is 89.0 Å². The number of aromatic nitrogens is 1. The molecular weight excluding hydrogens is 540 g/mol. The molecule has 0 unspecified atom stereocenters. The summed E-state index contributed by atoms with van der Waals surface area (Å²) in [5.74, 6) is -1.34. The summed E-state index contributed by atoms with van der Waals surface area (Å²) in [6, 6.07) is 10.4. The minimum atomic E-state index is -0.625. The molecule has 2 atom stereocenters. The van der Waals surface area contributed by atoms with Crippen LogP contribution in [-0.4, -0.2) is 76.5 Å². The molecule has 3 aromatic rings. The fourth-order valence-corrected chi connectivity index (χ4v) is 6.40. The lowest BCUT2D eigenvalue weighted by atomic mass is 9.91. The summed E-state index contributed by atoms with van der Waals surface area (Å²) < 4.78 is 27.8. The van der Waals surface area contributed by atoms with Gasteiger partial charge in [-0.3, -0.25) is 19.5 Å². The van der Waals surface area contributed by atoms with Crippen LogP contribution in [0, 0.1) is 11.6 Å². The van der Waals surface area contributed by atoms with Gasteiger partial charge in [-0.15, -0.1) is 0 Å². The highest BCUT2D eigenvalue weighted by Gasteiger charge is 2.41. The van der Waals surface area contributed by atoms with Crippen molar-refractivity contribution < 1.29 is 23.5 Å². The molecule has 2 aromatic carbocycles. The molecule has 0 aliphatic carbocycles. The molecule has 2 amide bonds. The molecule has 0 saturated carbocycles. The minimum absolute atomic E-state index is 0.0613. The van der Waals surface area contributed by atoms with Crippen molar-refractivity contribution in [3.8, 4) is 5.75 Å². The van der Waals surface area contributed by atoms with E-state index in [1.165, 1.54) is 18.2 Å². The Morgan fingerprint density at radius 1 is 1.17 bits per heavy atom. The Morgan fingerprint density at radius 3 is 2.76 bits per heavy atom. The molecule has 6 rings (SSSR count). The number of benzene rings is 2. The van der Waals surface area contributed by atoms with E-state index in [9.17, 15) is 23.5 Å². The first kappa shape index (κ1) is 28.2. The highest BCUT2D eigenvalue weighted by Crippen LogP contribution is 2.40. The van der Waals surface area contributed by atoms with E-state index in [0.29, 0.717) is 43.9 Å². The maximum Gasteiger partial charge on any atom is 0.254 e. The van der Waals surface area contributed by atoms with Crippen molar-refractivity contribution in [1.82, 2.24) is 20.1 Å². The number of hydrogen-bond donors (Lipinski definition) is 2. The fraction of sp³-hybridized carbons (Fsp3) is 0.406. The summed E-state index contributed by atoms with van der Waals surface area (Å²) >= 11 is 0. The summed E-state index contributed by atoms with van der Waals surface area (Å²) in [5.41, 5.74) is 3.68. The Balaban J connectivity index is 1.20. The molecular formula is C32H35F2N5O3. The SMILES string of the molecule is C[C@@H]1CN(CC(=O)N2CC(C)(C)c3ncc(Cc4ccc(F)cc4F)cc32)[C@@H](CN2Cc3ccc(O)cc3C2=O)CN1. The molecule has 8 nitrogen and oxygen atoms in total. The van der Waals surface area contributed by atoms with E-state index in [2.05, 4.69) is 36.0 Å². The van der Waals surface area contributed by atoms with Crippen LogP contribution in [0.4, 0.5) is 14.5 Å². The summed E-state index contributed by atoms with van der Waals surface area (Å²) in [5, 5.41) is 13.3. The minimum Gasteiger partial charge on any atom is -0.508 e. The maximum absolute atomic E-state index is 14.4. The van der Waals surface area contributed by atoms with Gasteiger partial charge in [0.05, 0.1) is 17.9 Å². The molecule has 4 heterocycles. The first-order valence-corrected chi connectivity index (χ1v) is 14.3. The van der Waals surface area contributed by atoms with Gasteiger partial charge in [-0.1, -0.05) is 26.0 Å². The second kappa shape index (κ2) is 10.7. The first-order valence-electron chi connectivity index (χ1n) is 14.3. The number of carbonyl (C=O) groups excluding carboxylic acids is 2. The standard InChI is InChI=1S/C32H35F2N5O3/c1-19-14-37(24(13-35-19)16-38-15-22-5-7-25(40)11-26(22)31(38)42)17-29(41)39-18-32(2,3)30-28(39)9-20(12-36-30)8-21-4-6-23(33)10-27(21)34/h4-7,9-12,19,24,35,40H,8,13-18H2,1-3H3/t19-,24-/m1/s1. The predicted octanol–water partition coefficient (Wildman–Crippen LogP) is 3.60. The number of piperazine rings is 1. The number of pyridine rings is 1. The average molecular weight is 576 g/mol. The van der Waals surface area contributed by atoms with Gasteiger partial charge in [0.25, 0.3) is 5.91 Å². The van der Waals surface area contributed by atoms with Crippen LogP contribution in [0.3, 0.4) is 0 Å². The number of aromatic hydroxyl groups is 1. The van der Waals surface area contributed by atoms with Crippen LogP contribution in [-0.2, 0) is 23.2 Å². The Labute approximate surface area is 243 Å². The van der Waals surface area contributed by atoms with Crippen molar-refractivity contribution in [3.63, 3.8) is 0 Å². The summed E-state index contributed by atoms with van der Waals surface area (Å²) in [6.07, 6.45) is 1.94. The molecule has 3 aliphatic rings. The molecule has 0 spiro atoms. The van der Waals surface area contributed by atoms with E-state index in [0.717, 1.165) is 28.6 Å². The zero-order valence-corrected chi connectivity index (χ0v) is 24.0. The number of amides is 2. The number of phenolic OH excluding ortho intramolecular Hbond substituents is 1. The number of anilines is 1. The number of nitrogens with zero attached hydrogens (tertiary/aromatic N) is 4. The molecule has 0 radical (unpaired) electrons. The summed E-state index contributed by atoms with van der Waals surface area (Å²) in [4.78, 5) is 37.4. The number of rotatable bonds is 6. The molecule has 10 heteroatoms. The third-order valence-corrected chi connectivity index (χ3v) is 8.59. The van der Waals surface area contributed by atoms with E-state index in [1.807, 2.05) is 6.07 Å². The van der Waals surface area contributed by atoms with Crippen LogP contribution in [0.2, 0.25) is 0 Å². The van der Waals surface area contributed by atoms with E-state index >= 15 is 0 Å². The predicted molar refractivity (Wildman–Crippen MR) is 154 cm³/mol. The zero-order valence-electron chi connectivity index (χ0n) is 24.0. The fourth-order valence-electron chi connectivity index (χ4n) is 6.40. The first-order chi connectivity index (χ1) is 20.0. The molecule has 0 bridgehead atoms. The van der Waals surface area contributed by atoms with Gasteiger partial charge in [0.1, 0.15) is 17.4 Å². The van der Waals surface area contributed by atoms with Crippen molar-refractivity contribution >= 4 is 17.5 Å². The van der Waals surface area contributed by atoms with Gasteiger partial charge in [0.2, 0.25) is 5.91 Å². The van der Waals surface area contributed by atoms with Crippen LogP contribution in [0.25, 0.3) is 0 Å². The second-order valence-electron chi connectivity index (χ2n) is 12.4. The van der Waals surface area contributed by atoms with Crippen LogP contribution in [0.1, 0.15) is 53.5 Å². The third-order valence-electron chi connectivity index (χ3n) is 8.59. The number of halogens is 2. The van der Waals surface area contributed by atoms with Crippen molar-refractivity contribution in [1.29, 1.82) is 0 Å². The number of carbonyl (C=O) groups is 2. The molecule has 3 aliphatic heterocycles. The smallest absolute Gasteiger partial charge is 0.254 e. The zero-order chi connectivity index (χ0) is 29.8. The molecule has 1 fully saturated rings. The Bertz CT molecular complexity index is 1560. The highest BCUT2D eigenvalue weighted by atomic mass is 19.1. The maximum atomic E-state index is 14.4. The molecule has 1 saturated heterocycles. The van der Waals surface area contributed by atoms with Gasteiger partial charge < -0.3 is 20.2 Å². The van der Waals surface area contributed by atoms with Gasteiger partial charge in [0.15, 0.2) is 0 Å². The van der Waals surface area contributed by atoms with Crippen LogP contribution < -0.4 is 10.2 Å². The van der Waals surface area contributed by atoms with Gasteiger partial charge >= 0.3 is 0 Å². The summed E-state index contributed by atoms with van der Waals surface area (Å²) in [7, 11) is 0. The lowest BCUT2D eigenvalue weighted by molar-refractivity contribution is -0.120. The van der Waals surface area contributed by atoms with Gasteiger partial charge in [-0.2, -0.15) is 0 Å². The molecule has 1 aromatic heterocycles. The van der Waals surface area contributed by atoms with Crippen LogP contribution in [0.5, 0.6) is 5.75 Å². The number of nitrogens with one attached hydrogen (secondary N) is 1. The van der Waals surface area contributed by atoms with Gasteiger partial charge in [-0.05, 0) is 47.9 Å². The van der Waals surface area contributed by atoms with Crippen molar-refractivity contribution in [3.05, 3.63) is 88.2 Å². The molecule has 2 N–H and O–H groups in total. The van der Waals surface area contributed by atoms with Crippen molar-refractivity contribution in [2.24, 2.45) is 0 Å². The Kier molecular flexibility index (Phi) is 7.22. The number of phenols is 1. The van der Waals surface area contributed by atoms with Crippen LogP contribution >= 0.6 is 0 Å². The van der Waals surface area contributed by atoms with E-state index < -0.39 is 11.6 Å². The second-order valence-corrected chi connectivity index (χ2v) is 12.4. The largest absolute Gasteiger partial charge is 0.508 e. The molecule has 220 valence electrons. The van der Waals surface area contributed by atoms with Crippen molar-refractivity contribution in [2.45, 2.75) is 51.2 Å². The van der Waals surface area contributed by atoms with Gasteiger partial charge in [-0.25, -0.2) is 8.78 Å². The van der Waals surface area contributed by atoms with E-state index in [-0.39, 0.29) is 48.0 Å². The average Bonchev–Trinajstić information content (AvgIpc) is 3.39. The quantitative estimate of drug-likeness (QED) is 0.467. The van der Waals surface area contributed by atoms with Gasteiger partial charge in [0, 0.05) is 74.5 Å². The van der Waals surface area contributed by atoms with E-state index in [4.69, 9.17) is 0 Å². The highest BCUT2D eigenvalue weighted by molar-refractivity contribution is 5.99. The Hall–Kier alpha value is -3.89. The number of fused-ring (bicyclic) bond motifs is 2. The monoisotopic (exact) mass is 575 g/mol. The Morgan fingerprint density at radius 2 is 1.98 bits per heavy atom. The lowest BCUT2D eigenvalue weighted by Gasteiger charge is -2.41. The number of hydrogen-bond acceptors (Lipinski definition) is 6. The normalized spacial score (nSPS) is 21.5. The van der Waals surface area contributed by atoms with Crippen LogP contribution in [0.15, 0.2) is 48.7 Å². The van der Waals surface area contributed by atoms with Crippen molar-refractivity contribution in [2.75, 3.05) is 37.6 Å². The lowest BCUT2D eigenvalue weighted by Crippen LogP contribution is -2.60. The molecule has 42 heavy (non-hydrogen) atoms. The van der Waals surface area contributed by atoms with E-state index in [1.54, 1.807) is 28.1 Å².